The van der Waals surface area contributed by atoms with E-state index in [1.807, 2.05) is 24.6 Å². The Labute approximate surface area is 163 Å². The molecule has 1 aromatic heterocycles. The summed E-state index contributed by atoms with van der Waals surface area (Å²) in [7, 11) is 0. The topological polar surface area (TPSA) is 64.0 Å². The van der Waals surface area contributed by atoms with E-state index in [1.165, 1.54) is 0 Å². The van der Waals surface area contributed by atoms with Gasteiger partial charge in [0.05, 0.1) is 17.3 Å². The molecule has 0 radical (unpaired) electrons. The third-order valence-corrected chi connectivity index (χ3v) is 4.61. The Morgan fingerprint density at radius 3 is 2.41 bits per heavy atom. The lowest BCUT2D eigenvalue weighted by atomic mass is 9.97. The van der Waals surface area contributed by atoms with Gasteiger partial charge in [0.1, 0.15) is 0 Å². The van der Waals surface area contributed by atoms with Crippen LogP contribution in [0.5, 0.6) is 0 Å². The molecule has 27 heavy (non-hydrogen) atoms. The Morgan fingerprint density at radius 2 is 1.74 bits per heavy atom. The molecule has 0 spiro atoms. The number of aromatic nitrogens is 2. The van der Waals surface area contributed by atoms with E-state index in [4.69, 9.17) is 11.6 Å². The normalized spacial score (nSPS) is 11.8. The zero-order valence-corrected chi connectivity index (χ0v) is 15.9. The van der Waals surface area contributed by atoms with Crippen molar-refractivity contribution in [3.8, 4) is 0 Å². The maximum Gasteiger partial charge on any atom is 0.252 e. The average molecular weight is 382 g/mol. The van der Waals surface area contributed by atoms with Gasteiger partial charge in [0.25, 0.3) is 5.91 Å². The highest BCUT2D eigenvalue weighted by Crippen LogP contribution is 2.19. The molecule has 1 heterocycles. The molecule has 3 aromatic rings. The molecule has 3 rings (SSSR count). The molecule has 6 heteroatoms. The molecule has 0 fully saturated rings. The smallest absolute Gasteiger partial charge is 0.252 e. The molecule has 0 bridgehead atoms. The van der Waals surface area contributed by atoms with Gasteiger partial charge >= 0.3 is 0 Å². The lowest BCUT2D eigenvalue weighted by Crippen LogP contribution is -2.29. The highest BCUT2D eigenvalue weighted by atomic mass is 35.5. The van der Waals surface area contributed by atoms with E-state index in [2.05, 4.69) is 10.4 Å². The molecule has 5 nitrogen and oxygen atoms in total. The molecule has 0 aliphatic carbocycles. The predicted molar refractivity (Wildman–Crippen MR) is 105 cm³/mol. The standard InChI is InChI=1S/C21H20ClN3O2/c1-3-25-19(12-13-23-25)14(2)24-21(27)18-7-5-4-6-17(18)20(26)15-8-10-16(22)11-9-15/h4-14H,3H2,1-2H3,(H,24,27). The highest BCUT2D eigenvalue weighted by molar-refractivity contribution is 6.30. The molecule has 2 aromatic carbocycles. The fourth-order valence-corrected chi connectivity index (χ4v) is 3.09. The summed E-state index contributed by atoms with van der Waals surface area (Å²) >= 11 is 5.89. The van der Waals surface area contributed by atoms with Crippen LogP contribution in [0.25, 0.3) is 0 Å². The summed E-state index contributed by atoms with van der Waals surface area (Å²) in [4.78, 5) is 25.7. The Balaban J connectivity index is 1.85. The van der Waals surface area contributed by atoms with Gasteiger partial charge in [-0.15, -0.1) is 0 Å². The first-order chi connectivity index (χ1) is 13.0. The highest BCUT2D eigenvalue weighted by Gasteiger charge is 2.20. The van der Waals surface area contributed by atoms with Crippen molar-refractivity contribution >= 4 is 23.3 Å². The van der Waals surface area contributed by atoms with Gasteiger partial charge in [-0.1, -0.05) is 29.8 Å². The fraction of sp³-hybridized carbons (Fsp3) is 0.190. The van der Waals surface area contributed by atoms with Crippen molar-refractivity contribution in [2.24, 2.45) is 0 Å². The second kappa shape index (κ2) is 8.18. The van der Waals surface area contributed by atoms with E-state index >= 15 is 0 Å². The molecular weight excluding hydrogens is 362 g/mol. The van der Waals surface area contributed by atoms with Gasteiger partial charge in [0, 0.05) is 28.9 Å². The number of halogens is 1. The van der Waals surface area contributed by atoms with Crippen LogP contribution in [-0.4, -0.2) is 21.5 Å². The van der Waals surface area contributed by atoms with Crippen LogP contribution in [0.1, 0.15) is 51.9 Å². The van der Waals surface area contributed by atoms with Crippen LogP contribution in [0.3, 0.4) is 0 Å². The van der Waals surface area contributed by atoms with Crippen molar-refractivity contribution in [1.82, 2.24) is 15.1 Å². The summed E-state index contributed by atoms with van der Waals surface area (Å²) in [5.74, 6) is -0.520. The number of carbonyl (C=O) groups excluding carboxylic acids is 2. The molecule has 1 atom stereocenters. The number of nitrogens with one attached hydrogen (secondary N) is 1. The van der Waals surface area contributed by atoms with Crippen LogP contribution in [0.4, 0.5) is 0 Å². The number of nitrogens with zero attached hydrogens (tertiary/aromatic N) is 2. The quantitative estimate of drug-likeness (QED) is 0.648. The molecule has 138 valence electrons. The van der Waals surface area contributed by atoms with Gasteiger partial charge in [-0.2, -0.15) is 5.10 Å². The number of rotatable bonds is 6. The summed E-state index contributed by atoms with van der Waals surface area (Å²) in [6, 6.07) is 15.1. The van der Waals surface area contributed by atoms with E-state index in [0.717, 1.165) is 5.69 Å². The van der Waals surface area contributed by atoms with Crippen LogP contribution >= 0.6 is 11.6 Å². The lowest BCUT2D eigenvalue weighted by molar-refractivity contribution is 0.0928. The van der Waals surface area contributed by atoms with E-state index < -0.39 is 0 Å². The minimum Gasteiger partial charge on any atom is -0.344 e. The van der Waals surface area contributed by atoms with Gasteiger partial charge < -0.3 is 5.32 Å². The van der Waals surface area contributed by atoms with Crippen molar-refractivity contribution in [2.45, 2.75) is 26.4 Å². The van der Waals surface area contributed by atoms with Crippen molar-refractivity contribution in [3.63, 3.8) is 0 Å². The summed E-state index contributed by atoms with van der Waals surface area (Å²) < 4.78 is 1.83. The van der Waals surface area contributed by atoms with E-state index in [9.17, 15) is 9.59 Å². The fourth-order valence-electron chi connectivity index (χ4n) is 2.96. The second-order valence-electron chi connectivity index (χ2n) is 6.15. The summed E-state index contributed by atoms with van der Waals surface area (Å²) in [6.45, 7) is 4.60. The van der Waals surface area contributed by atoms with E-state index in [-0.39, 0.29) is 17.7 Å². The van der Waals surface area contributed by atoms with Gasteiger partial charge in [-0.25, -0.2) is 0 Å². The largest absolute Gasteiger partial charge is 0.344 e. The Kier molecular flexibility index (Phi) is 5.72. The van der Waals surface area contributed by atoms with Crippen molar-refractivity contribution in [1.29, 1.82) is 0 Å². The minimum absolute atomic E-state index is 0.219. The molecule has 1 unspecified atom stereocenters. The number of hydrogen-bond acceptors (Lipinski definition) is 3. The zero-order chi connectivity index (χ0) is 19.4. The average Bonchev–Trinajstić information content (AvgIpc) is 3.17. The maximum absolute atomic E-state index is 12.9. The zero-order valence-electron chi connectivity index (χ0n) is 15.1. The minimum atomic E-state index is -0.302. The van der Waals surface area contributed by atoms with Crippen molar-refractivity contribution in [2.75, 3.05) is 0 Å². The van der Waals surface area contributed by atoms with Crippen LogP contribution < -0.4 is 5.32 Å². The maximum atomic E-state index is 12.9. The first-order valence-electron chi connectivity index (χ1n) is 8.73. The van der Waals surface area contributed by atoms with Crippen LogP contribution in [0.15, 0.2) is 60.8 Å². The Bertz CT molecular complexity index is 964. The lowest BCUT2D eigenvalue weighted by Gasteiger charge is -2.16. The van der Waals surface area contributed by atoms with Crippen molar-refractivity contribution in [3.05, 3.63) is 88.2 Å². The molecular formula is C21H20ClN3O2. The summed E-state index contributed by atoms with van der Waals surface area (Å²) in [5, 5.41) is 7.74. The van der Waals surface area contributed by atoms with Crippen LogP contribution in [-0.2, 0) is 6.54 Å². The van der Waals surface area contributed by atoms with Crippen LogP contribution in [0.2, 0.25) is 5.02 Å². The Morgan fingerprint density at radius 1 is 1.07 bits per heavy atom. The van der Waals surface area contributed by atoms with Crippen molar-refractivity contribution < 1.29 is 9.59 Å². The molecule has 0 saturated carbocycles. The van der Waals surface area contributed by atoms with Gasteiger partial charge in [-0.05, 0) is 50.2 Å². The number of benzene rings is 2. The van der Waals surface area contributed by atoms with E-state index in [1.54, 1.807) is 54.7 Å². The predicted octanol–water partition coefficient (Wildman–Crippen LogP) is 4.28. The number of ketones is 1. The van der Waals surface area contributed by atoms with Gasteiger partial charge in [-0.3, -0.25) is 14.3 Å². The first-order valence-corrected chi connectivity index (χ1v) is 9.11. The summed E-state index contributed by atoms with van der Waals surface area (Å²) in [6.07, 6.45) is 1.71. The molecule has 0 saturated heterocycles. The third-order valence-electron chi connectivity index (χ3n) is 4.36. The number of hydrogen-bond donors (Lipinski definition) is 1. The SMILES string of the molecule is CCn1nccc1C(C)NC(=O)c1ccccc1C(=O)c1ccc(Cl)cc1. The van der Waals surface area contributed by atoms with Gasteiger partial charge in [0.15, 0.2) is 5.78 Å². The number of carbonyl (C=O) groups is 2. The number of amides is 1. The molecule has 1 amide bonds. The van der Waals surface area contributed by atoms with Crippen LogP contribution in [0, 0.1) is 0 Å². The van der Waals surface area contributed by atoms with Gasteiger partial charge in [0.2, 0.25) is 0 Å². The molecule has 0 aliphatic rings. The second-order valence-corrected chi connectivity index (χ2v) is 6.59. The monoisotopic (exact) mass is 381 g/mol. The van der Waals surface area contributed by atoms with E-state index in [0.29, 0.717) is 28.3 Å². The molecule has 0 aliphatic heterocycles. The third kappa shape index (κ3) is 4.09. The number of aryl methyl sites for hydroxylation is 1. The Hall–Kier alpha value is -2.92. The first kappa shape index (κ1) is 18.9. The molecule has 1 N–H and O–H groups in total. The summed E-state index contributed by atoms with van der Waals surface area (Å²) in [5.41, 5.74) is 2.09.